The highest BCUT2D eigenvalue weighted by atomic mass is 35.5. The minimum Gasteiger partial charge on any atom is -0.462 e. The van der Waals surface area contributed by atoms with Gasteiger partial charge in [0, 0.05) is 16.1 Å². The molecule has 0 spiro atoms. The van der Waals surface area contributed by atoms with Crippen molar-refractivity contribution in [1.29, 1.82) is 0 Å². The zero-order valence-corrected chi connectivity index (χ0v) is 17.7. The molecule has 0 heterocycles. The highest BCUT2D eigenvalue weighted by molar-refractivity contribution is 6.31. The van der Waals surface area contributed by atoms with E-state index in [1.54, 1.807) is 18.2 Å². The highest BCUT2D eigenvalue weighted by Crippen LogP contribution is 2.30. The Labute approximate surface area is 178 Å². The van der Waals surface area contributed by atoms with Crippen LogP contribution in [0.15, 0.2) is 60.7 Å². The molecule has 0 aliphatic carbocycles. The van der Waals surface area contributed by atoms with E-state index in [0.29, 0.717) is 22.9 Å². The molecule has 0 aliphatic rings. The average molecular weight is 410 g/mol. The summed E-state index contributed by atoms with van der Waals surface area (Å²) in [6, 6.07) is 19.4. The molecule has 3 aromatic carbocycles. The van der Waals surface area contributed by atoms with Crippen molar-refractivity contribution in [2.45, 2.75) is 45.4 Å². The molecule has 3 nitrogen and oxygen atoms in total. The van der Waals surface area contributed by atoms with Crippen molar-refractivity contribution in [2.75, 3.05) is 11.9 Å². The lowest BCUT2D eigenvalue weighted by molar-refractivity contribution is 0.0499. The lowest BCUT2D eigenvalue weighted by Crippen LogP contribution is -2.09. The van der Waals surface area contributed by atoms with Gasteiger partial charge in [-0.25, -0.2) is 4.79 Å². The Morgan fingerprint density at radius 3 is 2.52 bits per heavy atom. The van der Waals surface area contributed by atoms with Gasteiger partial charge >= 0.3 is 5.97 Å². The van der Waals surface area contributed by atoms with Crippen LogP contribution in [0.3, 0.4) is 0 Å². The van der Waals surface area contributed by atoms with Gasteiger partial charge in [-0.15, -0.1) is 0 Å². The lowest BCUT2D eigenvalue weighted by Gasteiger charge is -2.14. The molecule has 1 N–H and O–H groups in total. The molecular weight excluding hydrogens is 382 g/mol. The number of fused-ring (bicyclic) bond motifs is 1. The number of esters is 1. The molecule has 3 rings (SSSR count). The predicted molar refractivity (Wildman–Crippen MR) is 122 cm³/mol. The zero-order chi connectivity index (χ0) is 20.5. The number of carbonyl (C=O) groups excluding carboxylic acids is 1. The molecule has 0 unspecified atom stereocenters. The first-order valence-corrected chi connectivity index (χ1v) is 10.8. The molecule has 4 heteroatoms. The third kappa shape index (κ3) is 5.98. The Kier molecular flexibility index (Phi) is 7.94. The summed E-state index contributed by atoms with van der Waals surface area (Å²) >= 11 is 6.20. The molecule has 0 radical (unpaired) electrons. The summed E-state index contributed by atoms with van der Waals surface area (Å²) in [4.78, 5) is 12.7. The van der Waals surface area contributed by atoms with Crippen LogP contribution in [-0.2, 0) is 4.74 Å². The van der Waals surface area contributed by atoms with E-state index in [9.17, 15) is 4.79 Å². The molecular formula is C25H28ClNO2. The van der Waals surface area contributed by atoms with Gasteiger partial charge in [0.25, 0.3) is 0 Å². The van der Waals surface area contributed by atoms with Crippen molar-refractivity contribution in [3.05, 3.63) is 71.2 Å². The molecule has 0 aromatic heterocycles. The molecule has 0 saturated carbocycles. The van der Waals surface area contributed by atoms with Crippen LogP contribution in [0.2, 0.25) is 5.02 Å². The fourth-order valence-corrected chi connectivity index (χ4v) is 3.57. The summed E-state index contributed by atoms with van der Waals surface area (Å²) < 4.78 is 5.52. The number of rotatable bonds is 10. The second-order valence-corrected chi connectivity index (χ2v) is 7.68. The van der Waals surface area contributed by atoms with Crippen molar-refractivity contribution >= 4 is 39.7 Å². The van der Waals surface area contributed by atoms with Gasteiger partial charge in [-0.05, 0) is 36.1 Å². The smallest absolute Gasteiger partial charge is 0.340 e. The van der Waals surface area contributed by atoms with Crippen LogP contribution in [0.4, 0.5) is 11.4 Å². The molecule has 29 heavy (non-hydrogen) atoms. The fourth-order valence-electron chi connectivity index (χ4n) is 3.40. The molecule has 0 fully saturated rings. The van der Waals surface area contributed by atoms with Gasteiger partial charge in [-0.3, -0.25) is 0 Å². The Morgan fingerprint density at radius 2 is 1.66 bits per heavy atom. The SMILES string of the molecule is CCCCCCCCOC(=O)c1ccc(Cl)cc1Nc1cccc2ccccc12. The van der Waals surface area contributed by atoms with Crippen LogP contribution in [0.5, 0.6) is 0 Å². The standard InChI is InChI=1S/C25H28ClNO2/c1-2-3-4-5-6-9-17-29-25(28)22-16-15-20(26)18-24(22)27-23-14-10-12-19-11-7-8-13-21(19)23/h7-8,10-16,18,27H,2-6,9,17H2,1H3. The third-order valence-electron chi connectivity index (χ3n) is 4.99. The maximum Gasteiger partial charge on any atom is 0.340 e. The number of hydrogen-bond acceptors (Lipinski definition) is 3. The Morgan fingerprint density at radius 1 is 0.897 bits per heavy atom. The highest BCUT2D eigenvalue weighted by Gasteiger charge is 2.14. The quantitative estimate of drug-likeness (QED) is 0.274. The van der Waals surface area contributed by atoms with Crippen LogP contribution < -0.4 is 5.32 Å². The second-order valence-electron chi connectivity index (χ2n) is 7.25. The van der Waals surface area contributed by atoms with Crippen LogP contribution in [0.25, 0.3) is 10.8 Å². The molecule has 0 aliphatic heterocycles. The second kappa shape index (κ2) is 10.9. The van der Waals surface area contributed by atoms with E-state index in [1.807, 2.05) is 24.3 Å². The first-order valence-electron chi connectivity index (χ1n) is 10.4. The monoisotopic (exact) mass is 409 g/mol. The number of hydrogen-bond donors (Lipinski definition) is 1. The van der Waals surface area contributed by atoms with Gasteiger partial charge in [0.2, 0.25) is 0 Å². The number of anilines is 2. The van der Waals surface area contributed by atoms with Crippen LogP contribution in [0, 0.1) is 0 Å². The number of benzene rings is 3. The lowest BCUT2D eigenvalue weighted by atomic mass is 10.1. The Balaban J connectivity index is 1.68. The average Bonchev–Trinajstić information content (AvgIpc) is 2.73. The predicted octanol–water partition coefficient (Wildman–Crippen LogP) is 7.75. The van der Waals surface area contributed by atoms with Gasteiger partial charge < -0.3 is 10.1 Å². The van der Waals surface area contributed by atoms with Crippen LogP contribution >= 0.6 is 11.6 Å². The van der Waals surface area contributed by atoms with E-state index in [2.05, 4.69) is 30.4 Å². The molecule has 152 valence electrons. The van der Waals surface area contributed by atoms with E-state index >= 15 is 0 Å². The molecule has 3 aromatic rings. The van der Waals surface area contributed by atoms with Crippen LogP contribution in [0.1, 0.15) is 55.8 Å². The minimum absolute atomic E-state index is 0.321. The number of nitrogens with one attached hydrogen (secondary N) is 1. The van der Waals surface area contributed by atoms with Crippen molar-refractivity contribution in [1.82, 2.24) is 0 Å². The van der Waals surface area contributed by atoms with E-state index in [-0.39, 0.29) is 5.97 Å². The first-order chi connectivity index (χ1) is 14.2. The maximum atomic E-state index is 12.7. The van der Waals surface area contributed by atoms with Gasteiger partial charge in [-0.2, -0.15) is 0 Å². The summed E-state index contributed by atoms with van der Waals surface area (Å²) in [5.41, 5.74) is 2.07. The van der Waals surface area contributed by atoms with Crippen molar-refractivity contribution in [3.8, 4) is 0 Å². The number of carbonyl (C=O) groups is 1. The van der Waals surface area contributed by atoms with E-state index in [4.69, 9.17) is 16.3 Å². The Bertz CT molecular complexity index is 949. The van der Waals surface area contributed by atoms with E-state index in [0.717, 1.165) is 29.3 Å². The largest absolute Gasteiger partial charge is 0.462 e. The Hall–Kier alpha value is -2.52. The summed E-state index contributed by atoms with van der Waals surface area (Å²) in [5, 5.41) is 6.16. The molecule has 0 saturated heterocycles. The zero-order valence-electron chi connectivity index (χ0n) is 16.9. The van der Waals surface area contributed by atoms with Gasteiger partial charge in [0.1, 0.15) is 0 Å². The summed E-state index contributed by atoms with van der Waals surface area (Å²) in [5.74, 6) is -0.321. The van der Waals surface area contributed by atoms with Gasteiger partial charge in [0.15, 0.2) is 0 Å². The van der Waals surface area contributed by atoms with Crippen molar-refractivity contribution in [3.63, 3.8) is 0 Å². The first kappa shape index (κ1) is 21.2. The topological polar surface area (TPSA) is 38.3 Å². The van der Waals surface area contributed by atoms with Gasteiger partial charge in [-0.1, -0.05) is 87.0 Å². The summed E-state index contributed by atoms with van der Waals surface area (Å²) in [6.07, 6.45) is 6.94. The van der Waals surface area contributed by atoms with E-state index in [1.165, 1.54) is 25.7 Å². The van der Waals surface area contributed by atoms with Crippen molar-refractivity contribution < 1.29 is 9.53 Å². The number of unbranched alkanes of at least 4 members (excludes halogenated alkanes) is 5. The van der Waals surface area contributed by atoms with Gasteiger partial charge in [0.05, 0.1) is 17.9 Å². The van der Waals surface area contributed by atoms with Crippen molar-refractivity contribution in [2.24, 2.45) is 0 Å². The number of ether oxygens (including phenoxy) is 1. The number of halogens is 1. The summed E-state index contributed by atoms with van der Waals surface area (Å²) in [6.45, 7) is 2.65. The van der Waals surface area contributed by atoms with Crippen LogP contribution in [-0.4, -0.2) is 12.6 Å². The maximum absolute atomic E-state index is 12.7. The molecule has 0 atom stereocenters. The summed E-state index contributed by atoms with van der Waals surface area (Å²) in [7, 11) is 0. The minimum atomic E-state index is -0.321. The molecule has 0 bridgehead atoms. The third-order valence-corrected chi connectivity index (χ3v) is 5.23. The molecule has 0 amide bonds. The van der Waals surface area contributed by atoms with E-state index < -0.39 is 0 Å². The fraction of sp³-hybridized carbons (Fsp3) is 0.320. The normalized spacial score (nSPS) is 10.8.